The Morgan fingerprint density at radius 3 is 2.53 bits per heavy atom. The molecule has 0 saturated carbocycles. The van der Waals surface area contributed by atoms with Gasteiger partial charge in [-0.2, -0.15) is 0 Å². The van der Waals surface area contributed by atoms with E-state index in [1.807, 2.05) is 47.4 Å². The molecule has 1 saturated heterocycles. The standard InChI is InChI=1S/C22H23N5O3/c1-29-18-5-2-6-19(14-18)30-16-22(28)27-12-10-26(11-13-27)21-8-7-20(24-25-21)17-4-3-9-23-15-17/h2-9,14-15H,10-13,16H2,1H3. The van der Waals surface area contributed by atoms with Gasteiger partial charge in [0.1, 0.15) is 11.5 Å². The average Bonchev–Trinajstić information content (AvgIpc) is 2.83. The van der Waals surface area contributed by atoms with Gasteiger partial charge in [0.25, 0.3) is 5.91 Å². The molecular weight excluding hydrogens is 382 g/mol. The second-order valence-corrected chi connectivity index (χ2v) is 6.85. The molecule has 4 rings (SSSR count). The Balaban J connectivity index is 1.28. The number of carbonyl (C=O) groups is 1. The van der Waals surface area contributed by atoms with Gasteiger partial charge in [0.2, 0.25) is 0 Å². The van der Waals surface area contributed by atoms with Crippen molar-refractivity contribution in [1.29, 1.82) is 0 Å². The molecule has 0 aliphatic carbocycles. The summed E-state index contributed by atoms with van der Waals surface area (Å²) in [4.78, 5) is 20.5. The molecule has 0 N–H and O–H groups in total. The van der Waals surface area contributed by atoms with Crippen molar-refractivity contribution in [2.45, 2.75) is 0 Å². The lowest BCUT2D eigenvalue weighted by Gasteiger charge is -2.35. The highest BCUT2D eigenvalue weighted by Gasteiger charge is 2.22. The molecule has 8 nitrogen and oxygen atoms in total. The quantitative estimate of drug-likeness (QED) is 0.622. The summed E-state index contributed by atoms with van der Waals surface area (Å²) in [7, 11) is 1.60. The minimum atomic E-state index is -0.0320. The first-order chi connectivity index (χ1) is 14.7. The van der Waals surface area contributed by atoms with Crippen molar-refractivity contribution in [2.24, 2.45) is 0 Å². The molecule has 0 unspecified atom stereocenters. The molecule has 2 aromatic heterocycles. The molecule has 0 atom stereocenters. The lowest BCUT2D eigenvalue weighted by Crippen LogP contribution is -2.50. The first-order valence-electron chi connectivity index (χ1n) is 9.76. The molecule has 154 valence electrons. The minimum Gasteiger partial charge on any atom is -0.497 e. The van der Waals surface area contributed by atoms with E-state index in [1.165, 1.54) is 0 Å². The van der Waals surface area contributed by atoms with Crippen LogP contribution in [0, 0.1) is 0 Å². The molecule has 1 aromatic carbocycles. The van der Waals surface area contributed by atoms with Crippen LogP contribution in [0.15, 0.2) is 60.9 Å². The number of ether oxygens (including phenoxy) is 2. The van der Waals surface area contributed by atoms with E-state index in [0.717, 1.165) is 17.1 Å². The predicted octanol–water partition coefficient (Wildman–Crippen LogP) is 2.27. The first-order valence-corrected chi connectivity index (χ1v) is 9.76. The number of aromatic nitrogens is 3. The van der Waals surface area contributed by atoms with E-state index in [9.17, 15) is 4.79 Å². The van der Waals surface area contributed by atoms with Crippen molar-refractivity contribution >= 4 is 11.7 Å². The zero-order valence-corrected chi connectivity index (χ0v) is 16.8. The molecule has 1 fully saturated rings. The van der Waals surface area contributed by atoms with Crippen molar-refractivity contribution in [3.05, 3.63) is 60.9 Å². The smallest absolute Gasteiger partial charge is 0.260 e. The minimum absolute atomic E-state index is 0.00673. The number of hydrogen-bond donors (Lipinski definition) is 0. The van der Waals surface area contributed by atoms with Crippen LogP contribution < -0.4 is 14.4 Å². The van der Waals surface area contributed by atoms with Gasteiger partial charge in [0, 0.05) is 50.2 Å². The summed E-state index contributed by atoms with van der Waals surface area (Å²) in [5.74, 6) is 2.09. The Kier molecular flexibility index (Phi) is 6.03. The van der Waals surface area contributed by atoms with E-state index in [-0.39, 0.29) is 12.5 Å². The highest BCUT2D eigenvalue weighted by atomic mass is 16.5. The fraction of sp³-hybridized carbons (Fsp3) is 0.273. The Morgan fingerprint density at radius 1 is 1.00 bits per heavy atom. The van der Waals surface area contributed by atoms with Crippen molar-refractivity contribution in [2.75, 3.05) is 44.8 Å². The maximum Gasteiger partial charge on any atom is 0.260 e. The number of nitrogens with zero attached hydrogens (tertiary/aromatic N) is 5. The van der Waals surface area contributed by atoms with E-state index in [4.69, 9.17) is 9.47 Å². The van der Waals surface area contributed by atoms with Crippen molar-refractivity contribution < 1.29 is 14.3 Å². The molecule has 0 bridgehead atoms. The van der Waals surface area contributed by atoms with E-state index in [0.29, 0.717) is 37.7 Å². The molecule has 30 heavy (non-hydrogen) atoms. The highest BCUT2D eigenvalue weighted by molar-refractivity contribution is 5.78. The second-order valence-electron chi connectivity index (χ2n) is 6.85. The van der Waals surface area contributed by atoms with Crippen LogP contribution in [-0.2, 0) is 4.79 Å². The first kappa shape index (κ1) is 19.6. The molecule has 8 heteroatoms. The van der Waals surface area contributed by atoms with Gasteiger partial charge in [-0.25, -0.2) is 0 Å². The third-order valence-corrected chi connectivity index (χ3v) is 4.97. The van der Waals surface area contributed by atoms with Gasteiger partial charge in [-0.3, -0.25) is 9.78 Å². The molecular formula is C22H23N5O3. The maximum absolute atomic E-state index is 12.5. The number of hydrogen-bond acceptors (Lipinski definition) is 7. The van der Waals surface area contributed by atoms with Crippen LogP contribution in [-0.4, -0.2) is 65.9 Å². The van der Waals surface area contributed by atoms with Gasteiger partial charge >= 0.3 is 0 Å². The number of methoxy groups -OCH3 is 1. The summed E-state index contributed by atoms with van der Waals surface area (Å²) in [5, 5.41) is 8.66. The van der Waals surface area contributed by atoms with Gasteiger partial charge in [-0.05, 0) is 36.4 Å². The summed E-state index contributed by atoms with van der Waals surface area (Å²) >= 11 is 0. The molecule has 0 spiro atoms. The molecule has 1 aliphatic rings. The Labute approximate surface area is 175 Å². The SMILES string of the molecule is COc1cccc(OCC(=O)N2CCN(c3ccc(-c4cccnc4)nn3)CC2)c1. The second kappa shape index (κ2) is 9.21. The van der Waals surface area contributed by atoms with Crippen LogP contribution in [0.25, 0.3) is 11.3 Å². The molecule has 1 amide bonds. The molecule has 0 radical (unpaired) electrons. The van der Waals surface area contributed by atoms with Crippen LogP contribution in [0.1, 0.15) is 0 Å². The van der Waals surface area contributed by atoms with Gasteiger partial charge in [0.15, 0.2) is 12.4 Å². The number of rotatable bonds is 6. The van der Waals surface area contributed by atoms with Crippen LogP contribution in [0.3, 0.4) is 0 Å². The van der Waals surface area contributed by atoms with Gasteiger partial charge in [-0.15, -0.1) is 10.2 Å². The Bertz CT molecular complexity index is 974. The van der Waals surface area contributed by atoms with Crippen molar-refractivity contribution in [3.8, 4) is 22.8 Å². The lowest BCUT2D eigenvalue weighted by molar-refractivity contribution is -0.133. The zero-order chi connectivity index (χ0) is 20.8. The lowest BCUT2D eigenvalue weighted by atomic mass is 10.2. The van der Waals surface area contributed by atoms with E-state index in [1.54, 1.807) is 25.6 Å². The number of anilines is 1. The Hall–Kier alpha value is -3.68. The normalized spacial score (nSPS) is 13.8. The molecule has 1 aliphatic heterocycles. The molecule has 3 aromatic rings. The Morgan fingerprint density at radius 2 is 1.83 bits per heavy atom. The summed E-state index contributed by atoms with van der Waals surface area (Å²) in [5.41, 5.74) is 1.72. The maximum atomic E-state index is 12.5. The number of pyridine rings is 1. The van der Waals surface area contributed by atoms with Crippen LogP contribution >= 0.6 is 0 Å². The van der Waals surface area contributed by atoms with Crippen LogP contribution in [0.5, 0.6) is 11.5 Å². The fourth-order valence-corrected chi connectivity index (χ4v) is 3.27. The highest BCUT2D eigenvalue weighted by Crippen LogP contribution is 2.20. The van der Waals surface area contributed by atoms with Gasteiger partial charge < -0.3 is 19.3 Å². The number of benzene rings is 1. The third kappa shape index (κ3) is 4.65. The van der Waals surface area contributed by atoms with E-state index < -0.39 is 0 Å². The van der Waals surface area contributed by atoms with Crippen molar-refractivity contribution in [1.82, 2.24) is 20.1 Å². The van der Waals surface area contributed by atoms with Crippen molar-refractivity contribution in [3.63, 3.8) is 0 Å². The number of carbonyl (C=O) groups excluding carboxylic acids is 1. The fourth-order valence-electron chi connectivity index (χ4n) is 3.27. The number of amides is 1. The topological polar surface area (TPSA) is 80.7 Å². The van der Waals surface area contributed by atoms with Crippen LogP contribution in [0.2, 0.25) is 0 Å². The van der Waals surface area contributed by atoms with Gasteiger partial charge in [0.05, 0.1) is 12.8 Å². The summed E-state index contributed by atoms with van der Waals surface area (Å²) < 4.78 is 10.8. The largest absolute Gasteiger partial charge is 0.497 e. The monoisotopic (exact) mass is 405 g/mol. The average molecular weight is 405 g/mol. The van der Waals surface area contributed by atoms with E-state index in [2.05, 4.69) is 20.1 Å². The molecule has 3 heterocycles. The zero-order valence-electron chi connectivity index (χ0n) is 16.8. The summed E-state index contributed by atoms with van der Waals surface area (Å²) in [6.45, 7) is 2.64. The summed E-state index contributed by atoms with van der Waals surface area (Å²) in [6, 6.07) is 15.0. The van der Waals surface area contributed by atoms with E-state index >= 15 is 0 Å². The van der Waals surface area contributed by atoms with Gasteiger partial charge in [-0.1, -0.05) is 6.07 Å². The predicted molar refractivity (Wildman–Crippen MR) is 113 cm³/mol. The number of piperazine rings is 1. The van der Waals surface area contributed by atoms with Crippen LogP contribution in [0.4, 0.5) is 5.82 Å². The third-order valence-electron chi connectivity index (χ3n) is 4.97. The summed E-state index contributed by atoms with van der Waals surface area (Å²) in [6.07, 6.45) is 3.50.